The Morgan fingerprint density at radius 1 is 1.08 bits per heavy atom. The van der Waals surface area contributed by atoms with Gasteiger partial charge in [-0.15, -0.1) is 22.7 Å². The molecule has 0 N–H and O–H groups in total. The lowest BCUT2D eigenvalue weighted by Gasteiger charge is -2.19. The molecule has 0 radical (unpaired) electrons. The molecule has 0 aliphatic carbocycles. The minimum absolute atomic E-state index is 0.346. The standard InChI is InChI=1S/C17H18N2O2S3/c1-11-5-7-14(8-6-11)19(4)24(20,21)16-9-15(23-13(16)3)17-18-12(2)10-22-17/h5-10H,1-4H3. The maximum Gasteiger partial charge on any atom is 0.265 e. The average molecular weight is 379 g/mol. The third-order valence-electron chi connectivity index (χ3n) is 3.74. The highest BCUT2D eigenvalue weighted by Gasteiger charge is 2.26. The smallest absolute Gasteiger partial charge is 0.265 e. The van der Waals surface area contributed by atoms with Crippen molar-refractivity contribution in [2.75, 3.05) is 11.4 Å². The van der Waals surface area contributed by atoms with Crippen LogP contribution in [0.4, 0.5) is 5.69 Å². The van der Waals surface area contributed by atoms with Crippen molar-refractivity contribution in [2.45, 2.75) is 25.7 Å². The number of hydrogen-bond acceptors (Lipinski definition) is 5. The molecule has 0 saturated heterocycles. The Morgan fingerprint density at radius 2 is 1.75 bits per heavy atom. The third kappa shape index (κ3) is 3.11. The maximum atomic E-state index is 13.0. The molecule has 4 nitrogen and oxygen atoms in total. The van der Waals surface area contributed by atoms with E-state index in [1.165, 1.54) is 27.0 Å². The molecule has 0 unspecified atom stereocenters. The Balaban J connectivity index is 2.00. The van der Waals surface area contributed by atoms with Gasteiger partial charge in [0, 0.05) is 23.0 Å². The summed E-state index contributed by atoms with van der Waals surface area (Å²) in [5, 5.41) is 2.83. The Hall–Kier alpha value is -1.70. The highest BCUT2D eigenvalue weighted by Crippen LogP contribution is 2.36. The molecule has 0 aliphatic rings. The molecule has 0 bridgehead atoms. The van der Waals surface area contributed by atoms with Crippen molar-refractivity contribution in [2.24, 2.45) is 0 Å². The van der Waals surface area contributed by atoms with Gasteiger partial charge < -0.3 is 0 Å². The third-order valence-corrected chi connectivity index (χ3v) is 7.96. The van der Waals surface area contributed by atoms with Gasteiger partial charge in [0.25, 0.3) is 10.0 Å². The van der Waals surface area contributed by atoms with Gasteiger partial charge in [-0.3, -0.25) is 4.31 Å². The summed E-state index contributed by atoms with van der Waals surface area (Å²) < 4.78 is 27.3. The molecule has 126 valence electrons. The van der Waals surface area contributed by atoms with Crippen LogP contribution in [0.5, 0.6) is 0 Å². The van der Waals surface area contributed by atoms with Crippen LogP contribution in [0.25, 0.3) is 9.88 Å². The summed E-state index contributed by atoms with van der Waals surface area (Å²) in [5.41, 5.74) is 2.69. The highest BCUT2D eigenvalue weighted by molar-refractivity contribution is 7.93. The number of thiophene rings is 1. The molecule has 1 aromatic carbocycles. The predicted octanol–water partition coefficient (Wildman–Crippen LogP) is 4.62. The Kier molecular flexibility index (Phi) is 4.50. The largest absolute Gasteiger partial charge is 0.269 e. The summed E-state index contributed by atoms with van der Waals surface area (Å²) in [7, 11) is -2.01. The number of rotatable bonds is 4. The fraction of sp³-hybridized carbons (Fsp3) is 0.235. The molecule has 0 fully saturated rings. The molecule has 3 aromatic rings. The summed E-state index contributed by atoms with van der Waals surface area (Å²) >= 11 is 3.00. The first-order valence-corrected chi connectivity index (χ1v) is 10.5. The van der Waals surface area contributed by atoms with E-state index < -0.39 is 10.0 Å². The maximum absolute atomic E-state index is 13.0. The van der Waals surface area contributed by atoms with Crippen LogP contribution >= 0.6 is 22.7 Å². The first-order chi connectivity index (χ1) is 11.3. The van der Waals surface area contributed by atoms with Crippen molar-refractivity contribution in [3.63, 3.8) is 0 Å². The second-order valence-electron chi connectivity index (χ2n) is 5.63. The normalized spacial score (nSPS) is 11.7. The van der Waals surface area contributed by atoms with E-state index in [1.807, 2.05) is 50.4 Å². The van der Waals surface area contributed by atoms with E-state index in [9.17, 15) is 8.42 Å². The zero-order valence-electron chi connectivity index (χ0n) is 13.9. The van der Waals surface area contributed by atoms with Gasteiger partial charge in [0.15, 0.2) is 0 Å². The molecule has 2 aromatic heterocycles. The minimum atomic E-state index is -3.60. The second kappa shape index (κ2) is 6.31. The van der Waals surface area contributed by atoms with Gasteiger partial charge in [0.05, 0.1) is 10.6 Å². The van der Waals surface area contributed by atoms with Crippen LogP contribution in [0.1, 0.15) is 16.1 Å². The van der Waals surface area contributed by atoms with E-state index in [1.54, 1.807) is 13.1 Å². The van der Waals surface area contributed by atoms with Gasteiger partial charge in [-0.1, -0.05) is 17.7 Å². The van der Waals surface area contributed by atoms with Crippen LogP contribution < -0.4 is 4.31 Å². The number of sulfonamides is 1. The Labute approximate surface area is 150 Å². The first-order valence-electron chi connectivity index (χ1n) is 7.37. The lowest BCUT2D eigenvalue weighted by atomic mass is 10.2. The first kappa shape index (κ1) is 17.1. The molecule has 2 heterocycles. The molecule has 24 heavy (non-hydrogen) atoms. The molecule has 0 aliphatic heterocycles. The number of aryl methyl sites for hydroxylation is 3. The van der Waals surface area contributed by atoms with Gasteiger partial charge in [0.1, 0.15) is 9.90 Å². The summed E-state index contributed by atoms with van der Waals surface area (Å²) in [4.78, 5) is 6.46. The molecule has 0 spiro atoms. The van der Waals surface area contributed by atoms with Crippen molar-refractivity contribution >= 4 is 38.4 Å². The lowest BCUT2D eigenvalue weighted by molar-refractivity contribution is 0.594. The van der Waals surface area contributed by atoms with Gasteiger partial charge in [0.2, 0.25) is 0 Å². The summed E-state index contributed by atoms with van der Waals surface area (Å²) in [6.07, 6.45) is 0. The van der Waals surface area contributed by atoms with Gasteiger partial charge in [-0.25, -0.2) is 13.4 Å². The van der Waals surface area contributed by atoms with Crippen molar-refractivity contribution < 1.29 is 8.42 Å². The van der Waals surface area contributed by atoms with Crippen LogP contribution in [-0.4, -0.2) is 20.4 Å². The molecule has 0 atom stereocenters. The summed E-state index contributed by atoms with van der Waals surface area (Å²) in [6.45, 7) is 5.75. The Morgan fingerprint density at radius 3 is 2.33 bits per heavy atom. The molecule has 0 saturated carbocycles. The molecular weight excluding hydrogens is 360 g/mol. The van der Waals surface area contributed by atoms with Crippen LogP contribution in [0.2, 0.25) is 0 Å². The van der Waals surface area contributed by atoms with Crippen molar-refractivity contribution in [3.05, 3.63) is 51.8 Å². The average Bonchev–Trinajstić information content (AvgIpc) is 3.13. The quantitative estimate of drug-likeness (QED) is 0.665. The topological polar surface area (TPSA) is 50.3 Å². The van der Waals surface area contributed by atoms with E-state index in [-0.39, 0.29) is 0 Å². The van der Waals surface area contributed by atoms with E-state index in [0.717, 1.165) is 26.0 Å². The van der Waals surface area contributed by atoms with Gasteiger partial charge in [-0.2, -0.15) is 0 Å². The van der Waals surface area contributed by atoms with Crippen LogP contribution in [0.15, 0.2) is 40.6 Å². The minimum Gasteiger partial charge on any atom is -0.269 e. The van der Waals surface area contributed by atoms with E-state index in [2.05, 4.69) is 4.98 Å². The van der Waals surface area contributed by atoms with Crippen LogP contribution in [0.3, 0.4) is 0 Å². The highest BCUT2D eigenvalue weighted by atomic mass is 32.2. The Bertz CT molecular complexity index is 970. The molecule has 0 amide bonds. The van der Waals surface area contributed by atoms with Gasteiger partial charge in [-0.05, 0) is 39.0 Å². The predicted molar refractivity (Wildman–Crippen MR) is 102 cm³/mol. The van der Waals surface area contributed by atoms with Gasteiger partial charge >= 0.3 is 0 Å². The number of thiazole rings is 1. The summed E-state index contributed by atoms with van der Waals surface area (Å²) in [6, 6.07) is 9.19. The van der Waals surface area contributed by atoms with E-state index in [0.29, 0.717) is 10.6 Å². The fourth-order valence-electron chi connectivity index (χ4n) is 2.34. The van der Waals surface area contributed by atoms with Crippen LogP contribution in [0, 0.1) is 20.8 Å². The number of aromatic nitrogens is 1. The van der Waals surface area contributed by atoms with Crippen molar-refractivity contribution in [1.82, 2.24) is 4.98 Å². The number of benzene rings is 1. The molecule has 7 heteroatoms. The van der Waals surface area contributed by atoms with E-state index in [4.69, 9.17) is 0 Å². The summed E-state index contributed by atoms with van der Waals surface area (Å²) in [5.74, 6) is 0. The zero-order valence-corrected chi connectivity index (χ0v) is 16.3. The van der Waals surface area contributed by atoms with Crippen LogP contribution in [-0.2, 0) is 10.0 Å². The second-order valence-corrected chi connectivity index (χ2v) is 9.69. The lowest BCUT2D eigenvalue weighted by Crippen LogP contribution is -2.26. The zero-order chi connectivity index (χ0) is 17.5. The fourth-order valence-corrected chi connectivity index (χ4v) is 5.95. The van der Waals surface area contributed by atoms with Crippen molar-refractivity contribution in [1.29, 1.82) is 0 Å². The van der Waals surface area contributed by atoms with Crippen molar-refractivity contribution in [3.8, 4) is 9.88 Å². The number of hydrogen-bond donors (Lipinski definition) is 0. The van der Waals surface area contributed by atoms with E-state index >= 15 is 0 Å². The number of nitrogens with zero attached hydrogens (tertiary/aromatic N) is 2. The SMILES string of the molecule is Cc1ccc(N(C)S(=O)(=O)c2cc(-c3nc(C)cs3)sc2C)cc1. The molecular formula is C17H18N2O2S3. The molecule has 3 rings (SSSR count). The monoisotopic (exact) mass is 378 g/mol. The number of anilines is 1.